The first-order valence-electron chi connectivity index (χ1n) is 11.2. The summed E-state index contributed by atoms with van der Waals surface area (Å²) < 4.78 is 0. The maximum absolute atomic E-state index is 13.2. The Morgan fingerprint density at radius 1 is 0.889 bits per heavy atom. The third kappa shape index (κ3) is 3.61. The zero-order valence-electron chi connectivity index (χ0n) is 19.8. The van der Waals surface area contributed by atoms with Crippen LogP contribution in [-0.2, 0) is 10.3 Å². The van der Waals surface area contributed by atoms with E-state index in [4.69, 9.17) is 0 Å². The molecule has 9 heteroatoms. The van der Waals surface area contributed by atoms with Crippen LogP contribution >= 0.6 is 0 Å². The maximum Gasteiger partial charge on any atom is 0.322 e. The Morgan fingerprint density at radius 2 is 1.64 bits per heavy atom. The number of fused-ring (bicyclic) bond motifs is 1. The van der Waals surface area contributed by atoms with Crippen molar-refractivity contribution in [2.45, 2.75) is 26.3 Å². The van der Waals surface area contributed by atoms with Crippen molar-refractivity contribution in [2.24, 2.45) is 0 Å². The molecule has 1 fully saturated rings. The molecule has 3 aromatic carbocycles. The highest BCUT2D eigenvalue weighted by Crippen LogP contribution is 2.32. The topological polar surface area (TPSA) is 125 Å². The molecule has 2 heterocycles. The van der Waals surface area contributed by atoms with E-state index in [-0.39, 0.29) is 16.7 Å². The first kappa shape index (κ1) is 23.0. The molecule has 3 aromatic rings. The summed E-state index contributed by atoms with van der Waals surface area (Å²) in [6, 6.07) is 15.9. The smallest absolute Gasteiger partial charge is 0.322 e. The third-order valence-corrected chi connectivity index (χ3v) is 6.50. The van der Waals surface area contributed by atoms with Crippen LogP contribution in [0.4, 0.5) is 16.2 Å². The van der Waals surface area contributed by atoms with E-state index in [0.717, 1.165) is 16.0 Å². The lowest BCUT2D eigenvalue weighted by Crippen LogP contribution is -2.40. The Kier molecular flexibility index (Phi) is 5.21. The zero-order valence-corrected chi connectivity index (χ0v) is 19.8. The van der Waals surface area contributed by atoms with Gasteiger partial charge in [-0.15, -0.1) is 0 Å². The first-order chi connectivity index (χ1) is 17.1. The SMILES string of the molecule is Cc1ccc(C)c(N2C(=O)c3ccc(C(=O)Nc4cccc(C5(C)NC(=O)NC5=O)c4)cc3C2=O)c1. The molecule has 0 saturated carbocycles. The Labute approximate surface area is 206 Å². The van der Waals surface area contributed by atoms with Gasteiger partial charge in [0, 0.05) is 11.3 Å². The normalized spacial score (nSPS) is 18.7. The number of urea groups is 1. The Morgan fingerprint density at radius 3 is 2.36 bits per heavy atom. The summed E-state index contributed by atoms with van der Waals surface area (Å²) in [5.74, 6) is -1.92. The van der Waals surface area contributed by atoms with Gasteiger partial charge in [0.1, 0.15) is 5.54 Å². The fourth-order valence-electron chi connectivity index (χ4n) is 4.42. The molecule has 0 aliphatic carbocycles. The van der Waals surface area contributed by atoms with E-state index in [1.54, 1.807) is 37.3 Å². The molecule has 36 heavy (non-hydrogen) atoms. The molecule has 0 radical (unpaired) electrons. The number of aryl methyl sites for hydroxylation is 2. The van der Waals surface area contributed by atoms with E-state index in [1.165, 1.54) is 18.2 Å². The number of imide groups is 2. The maximum atomic E-state index is 13.2. The number of benzene rings is 3. The minimum Gasteiger partial charge on any atom is -0.322 e. The van der Waals surface area contributed by atoms with Crippen molar-refractivity contribution in [1.82, 2.24) is 10.6 Å². The van der Waals surface area contributed by atoms with Crippen molar-refractivity contribution in [3.8, 4) is 0 Å². The highest BCUT2D eigenvalue weighted by molar-refractivity contribution is 6.35. The van der Waals surface area contributed by atoms with Crippen LogP contribution in [-0.4, -0.2) is 29.7 Å². The van der Waals surface area contributed by atoms with Crippen LogP contribution in [0.5, 0.6) is 0 Å². The summed E-state index contributed by atoms with van der Waals surface area (Å²) in [6.45, 7) is 5.28. The number of rotatable bonds is 4. The van der Waals surface area contributed by atoms with Gasteiger partial charge in [-0.05, 0) is 73.9 Å². The largest absolute Gasteiger partial charge is 0.322 e. The van der Waals surface area contributed by atoms with Crippen molar-refractivity contribution >= 4 is 41.0 Å². The average molecular weight is 482 g/mol. The van der Waals surface area contributed by atoms with E-state index in [9.17, 15) is 24.0 Å². The highest BCUT2D eigenvalue weighted by Gasteiger charge is 2.43. The summed E-state index contributed by atoms with van der Waals surface area (Å²) in [6.07, 6.45) is 0. The van der Waals surface area contributed by atoms with Crippen LogP contribution < -0.4 is 20.9 Å². The fourth-order valence-corrected chi connectivity index (χ4v) is 4.42. The Hall–Kier alpha value is -4.79. The molecule has 9 nitrogen and oxygen atoms in total. The standard InChI is InChI=1S/C27H22N4O5/c1-14-7-8-15(2)21(11-14)31-23(33)19-10-9-16(12-20(19)24(31)34)22(32)28-18-6-4-5-17(13-18)27(3)25(35)29-26(36)30-27/h4-13H,1-3H3,(H,28,32)(H2,29,30,35,36). The van der Waals surface area contributed by atoms with Crippen molar-refractivity contribution in [2.75, 3.05) is 10.2 Å². The zero-order chi connectivity index (χ0) is 25.8. The average Bonchev–Trinajstić information content (AvgIpc) is 3.26. The van der Waals surface area contributed by atoms with Crippen LogP contribution in [0.2, 0.25) is 0 Å². The van der Waals surface area contributed by atoms with Gasteiger partial charge < -0.3 is 10.6 Å². The van der Waals surface area contributed by atoms with Gasteiger partial charge in [-0.25, -0.2) is 9.69 Å². The summed E-state index contributed by atoms with van der Waals surface area (Å²) in [5.41, 5.74) is 2.41. The summed E-state index contributed by atoms with van der Waals surface area (Å²) in [5, 5.41) is 7.54. The number of carbonyl (C=O) groups is 5. The number of anilines is 2. The van der Waals surface area contributed by atoms with E-state index in [1.807, 2.05) is 26.0 Å². The lowest BCUT2D eigenvalue weighted by molar-refractivity contribution is -0.123. The molecular weight excluding hydrogens is 460 g/mol. The van der Waals surface area contributed by atoms with Crippen molar-refractivity contribution in [3.05, 3.63) is 94.0 Å². The first-order valence-corrected chi connectivity index (χ1v) is 11.2. The van der Waals surface area contributed by atoms with Crippen LogP contribution in [0.15, 0.2) is 60.7 Å². The molecule has 1 saturated heterocycles. The monoisotopic (exact) mass is 482 g/mol. The molecule has 2 aliphatic heterocycles. The van der Waals surface area contributed by atoms with Gasteiger partial charge in [0.25, 0.3) is 23.6 Å². The Bertz CT molecular complexity index is 1510. The predicted molar refractivity (Wildman–Crippen MR) is 132 cm³/mol. The molecule has 0 aromatic heterocycles. The van der Waals surface area contributed by atoms with Gasteiger partial charge in [0.2, 0.25) is 0 Å². The van der Waals surface area contributed by atoms with Crippen LogP contribution in [0.25, 0.3) is 0 Å². The van der Waals surface area contributed by atoms with E-state index in [2.05, 4.69) is 16.0 Å². The highest BCUT2D eigenvalue weighted by atomic mass is 16.2. The number of carbonyl (C=O) groups excluding carboxylic acids is 5. The van der Waals surface area contributed by atoms with Gasteiger partial charge in [-0.2, -0.15) is 0 Å². The molecule has 3 N–H and O–H groups in total. The van der Waals surface area contributed by atoms with Gasteiger partial charge in [-0.1, -0.05) is 24.3 Å². The van der Waals surface area contributed by atoms with Crippen LogP contribution in [0.3, 0.4) is 0 Å². The number of nitrogens with zero attached hydrogens (tertiary/aromatic N) is 1. The number of hydrogen-bond donors (Lipinski definition) is 3. The van der Waals surface area contributed by atoms with Crippen LogP contribution in [0.1, 0.15) is 54.7 Å². The van der Waals surface area contributed by atoms with E-state index in [0.29, 0.717) is 16.9 Å². The molecule has 1 atom stereocenters. The molecule has 0 bridgehead atoms. The van der Waals surface area contributed by atoms with Crippen molar-refractivity contribution < 1.29 is 24.0 Å². The number of amides is 6. The lowest BCUT2D eigenvalue weighted by atomic mass is 9.92. The molecular formula is C27H22N4O5. The van der Waals surface area contributed by atoms with Gasteiger partial charge in [0.05, 0.1) is 16.8 Å². The number of hydrogen-bond acceptors (Lipinski definition) is 5. The quantitative estimate of drug-likeness (QED) is 0.388. The minimum atomic E-state index is -1.27. The molecule has 2 aliphatic rings. The second kappa shape index (κ2) is 8.16. The second-order valence-corrected chi connectivity index (χ2v) is 9.06. The summed E-state index contributed by atoms with van der Waals surface area (Å²) in [4.78, 5) is 64.2. The number of nitrogens with one attached hydrogen (secondary N) is 3. The van der Waals surface area contributed by atoms with Gasteiger partial charge in [0.15, 0.2) is 0 Å². The molecule has 180 valence electrons. The molecule has 0 spiro atoms. The molecule has 1 unspecified atom stereocenters. The van der Waals surface area contributed by atoms with Crippen LogP contribution in [0, 0.1) is 13.8 Å². The van der Waals surface area contributed by atoms with Crippen molar-refractivity contribution in [1.29, 1.82) is 0 Å². The van der Waals surface area contributed by atoms with Gasteiger partial charge in [-0.3, -0.25) is 24.5 Å². The third-order valence-electron chi connectivity index (χ3n) is 6.50. The molecule has 5 rings (SSSR count). The fraction of sp³-hybridized carbons (Fsp3) is 0.148. The van der Waals surface area contributed by atoms with Crippen molar-refractivity contribution in [3.63, 3.8) is 0 Å². The summed E-state index contributed by atoms with van der Waals surface area (Å²) >= 11 is 0. The van der Waals surface area contributed by atoms with E-state index < -0.39 is 35.2 Å². The van der Waals surface area contributed by atoms with E-state index >= 15 is 0 Å². The predicted octanol–water partition coefficient (Wildman–Crippen LogP) is 3.41. The lowest BCUT2D eigenvalue weighted by Gasteiger charge is -2.21. The Balaban J connectivity index is 1.41. The second-order valence-electron chi connectivity index (χ2n) is 9.06. The summed E-state index contributed by atoms with van der Waals surface area (Å²) in [7, 11) is 0. The van der Waals surface area contributed by atoms with Gasteiger partial charge >= 0.3 is 6.03 Å². The minimum absolute atomic E-state index is 0.153. The molecule has 6 amide bonds.